The summed E-state index contributed by atoms with van der Waals surface area (Å²) < 4.78 is 11.0. The van der Waals surface area contributed by atoms with E-state index in [0.29, 0.717) is 11.3 Å². The van der Waals surface area contributed by atoms with Gasteiger partial charge in [0.2, 0.25) is 0 Å². The van der Waals surface area contributed by atoms with E-state index < -0.39 is 17.6 Å². The van der Waals surface area contributed by atoms with Crippen molar-refractivity contribution in [3.63, 3.8) is 0 Å². The molecule has 1 aromatic heterocycles. The van der Waals surface area contributed by atoms with Crippen molar-refractivity contribution in [2.45, 2.75) is 52.7 Å². The molecule has 0 radical (unpaired) electrons. The van der Waals surface area contributed by atoms with Crippen molar-refractivity contribution in [1.82, 2.24) is 10.3 Å². The number of oxime groups is 1. The lowest BCUT2D eigenvalue weighted by Crippen LogP contribution is -2.37. The zero-order chi connectivity index (χ0) is 30.3. The molecule has 0 unspecified atom stereocenters. The van der Waals surface area contributed by atoms with Crippen LogP contribution < -0.4 is 10.6 Å². The average molecular weight is 569 g/mol. The Morgan fingerprint density at radius 1 is 0.976 bits per heavy atom. The van der Waals surface area contributed by atoms with Gasteiger partial charge in [-0.15, -0.1) is 0 Å². The molecule has 0 fully saturated rings. The summed E-state index contributed by atoms with van der Waals surface area (Å²) in [6.45, 7) is 9.40. The third-order valence-electron chi connectivity index (χ3n) is 6.55. The smallest absolute Gasteiger partial charge is 0.407 e. The van der Waals surface area contributed by atoms with E-state index in [-0.39, 0.29) is 25.0 Å². The number of carbonyl (C=O) groups is 2. The molecule has 0 saturated carbocycles. The van der Waals surface area contributed by atoms with Crippen molar-refractivity contribution in [2.24, 2.45) is 5.16 Å². The van der Waals surface area contributed by atoms with Crippen LogP contribution in [0.2, 0.25) is 0 Å². The number of ether oxygens (including phenoxy) is 2. The SMILES string of the molecule is Cc1ccc(C(=O)OCc2ccc([C@@H](CNC(=O)OC(C)(C)C)C(=NO)Nc3ccc4cnccc4c3)cc2)c(C)c1. The van der Waals surface area contributed by atoms with Gasteiger partial charge in [0.05, 0.1) is 11.5 Å². The maximum atomic E-state index is 12.6. The van der Waals surface area contributed by atoms with Gasteiger partial charge in [-0.3, -0.25) is 4.98 Å². The molecule has 4 rings (SSSR count). The molecule has 0 aliphatic rings. The molecule has 0 aliphatic carbocycles. The Kier molecular flexibility index (Phi) is 9.42. The number of amidine groups is 1. The van der Waals surface area contributed by atoms with E-state index in [9.17, 15) is 14.8 Å². The molecule has 1 amide bonds. The van der Waals surface area contributed by atoms with E-state index in [2.05, 4.69) is 20.8 Å². The molecule has 218 valence electrons. The number of pyridine rings is 1. The topological polar surface area (TPSA) is 122 Å². The van der Waals surface area contributed by atoms with E-state index in [1.54, 1.807) is 39.2 Å². The summed E-state index contributed by atoms with van der Waals surface area (Å²) in [7, 11) is 0. The molecule has 1 atom stereocenters. The first kappa shape index (κ1) is 30.0. The Balaban J connectivity index is 1.52. The van der Waals surface area contributed by atoms with Crippen LogP contribution in [0, 0.1) is 13.8 Å². The molecule has 0 aliphatic heterocycles. The lowest BCUT2D eigenvalue weighted by Gasteiger charge is -2.23. The average Bonchev–Trinajstić information content (AvgIpc) is 2.95. The van der Waals surface area contributed by atoms with E-state index in [0.717, 1.165) is 33.0 Å². The predicted molar refractivity (Wildman–Crippen MR) is 163 cm³/mol. The Bertz CT molecular complexity index is 1590. The number of nitrogens with one attached hydrogen (secondary N) is 2. The number of rotatable bonds is 8. The molecule has 9 nitrogen and oxygen atoms in total. The number of hydrogen-bond donors (Lipinski definition) is 3. The first-order chi connectivity index (χ1) is 20.0. The number of alkyl carbamates (subject to hydrolysis) is 1. The van der Waals surface area contributed by atoms with Crippen molar-refractivity contribution < 1.29 is 24.3 Å². The number of fused-ring (bicyclic) bond motifs is 1. The normalized spacial score (nSPS) is 12.5. The lowest BCUT2D eigenvalue weighted by atomic mass is 9.96. The minimum atomic E-state index is -0.665. The van der Waals surface area contributed by atoms with Gasteiger partial charge in [-0.2, -0.15) is 0 Å². The molecular weight excluding hydrogens is 532 g/mol. The van der Waals surface area contributed by atoms with Crippen LogP contribution in [0.15, 0.2) is 84.3 Å². The van der Waals surface area contributed by atoms with Gasteiger partial charge >= 0.3 is 12.1 Å². The summed E-state index contributed by atoms with van der Waals surface area (Å²) in [5.41, 5.74) is 4.07. The highest BCUT2D eigenvalue weighted by Gasteiger charge is 2.23. The summed E-state index contributed by atoms with van der Waals surface area (Å²) >= 11 is 0. The van der Waals surface area contributed by atoms with Crippen molar-refractivity contribution in [2.75, 3.05) is 11.9 Å². The highest BCUT2D eigenvalue weighted by Crippen LogP contribution is 2.23. The van der Waals surface area contributed by atoms with E-state index in [4.69, 9.17) is 9.47 Å². The minimum absolute atomic E-state index is 0.0956. The number of hydrogen-bond acceptors (Lipinski definition) is 7. The molecule has 1 heterocycles. The van der Waals surface area contributed by atoms with Gasteiger partial charge in [-0.1, -0.05) is 53.2 Å². The van der Waals surface area contributed by atoms with Crippen LogP contribution in [-0.2, 0) is 16.1 Å². The van der Waals surface area contributed by atoms with Crippen molar-refractivity contribution in [3.8, 4) is 0 Å². The van der Waals surface area contributed by atoms with E-state index in [1.807, 2.05) is 74.5 Å². The number of carbonyl (C=O) groups excluding carboxylic acids is 2. The number of anilines is 1. The second kappa shape index (κ2) is 13.2. The molecule has 3 aromatic carbocycles. The third-order valence-corrected chi connectivity index (χ3v) is 6.55. The summed E-state index contributed by atoms with van der Waals surface area (Å²) in [6, 6.07) is 20.6. The summed E-state index contributed by atoms with van der Waals surface area (Å²) in [4.78, 5) is 29.2. The molecule has 0 saturated heterocycles. The summed E-state index contributed by atoms with van der Waals surface area (Å²) in [5, 5.41) is 21.5. The van der Waals surface area contributed by atoms with Gasteiger partial charge in [0.25, 0.3) is 0 Å². The largest absolute Gasteiger partial charge is 0.457 e. The maximum Gasteiger partial charge on any atom is 0.407 e. The van der Waals surface area contributed by atoms with Crippen LogP contribution in [0.3, 0.4) is 0 Å². The van der Waals surface area contributed by atoms with Crippen LogP contribution in [0.4, 0.5) is 10.5 Å². The fraction of sp³-hybridized carbons (Fsp3) is 0.273. The number of aromatic nitrogens is 1. The summed E-state index contributed by atoms with van der Waals surface area (Å²) in [6.07, 6.45) is 2.90. The number of esters is 1. The molecule has 9 heteroatoms. The van der Waals surface area contributed by atoms with Crippen molar-refractivity contribution in [3.05, 3.63) is 107 Å². The van der Waals surface area contributed by atoms with Gasteiger partial charge in [0.15, 0.2) is 5.84 Å². The quantitative estimate of drug-likeness (QED) is 0.0709. The van der Waals surface area contributed by atoms with Crippen LogP contribution in [-0.4, -0.2) is 40.2 Å². The van der Waals surface area contributed by atoms with Gasteiger partial charge in [0, 0.05) is 30.0 Å². The number of benzene rings is 3. The second-order valence-corrected chi connectivity index (χ2v) is 11.1. The van der Waals surface area contributed by atoms with Crippen LogP contribution >= 0.6 is 0 Å². The first-order valence-corrected chi connectivity index (χ1v) is 13.7. The van der Waals surface area contributed by atoms with E-state index >= 15 is 0 Å². The number of nitrogens with zero attached hydrogens (tertiary/aromatic N) is 2. The molecule has 42 heavy (non-hydrogen) atoms. The lowest BCUT2D eigenvalue weighted by molar-refractivity contribution is 0.0470. The minimum Gasteiger partial charge on any atom is -0.457 e. The Labute approximate surface area is 245 Å². The first-order valence-electron chi connectivity index (χ1n) is 13.7. The summed E-state index contributed by atoms with van der Waals surface area (Å²) in [5.74, 6) is -0.711. The van der Waals surface area contributed by atoms with Gasteiger partial charge < -0.3 is 25.3 Å². The van der Waals surface area contributed by atoms with Crippen LogP contribution in [0.5, 0.6) is 0 Å². The fourth-order valence-electron chi connectivity index (χ4n) is 4.48. The van der Waals surface area contributed by atoms with Crippen molar-refractivity contribution in [1.29, 1.82) is 0 Å². The maximum absolute atomic E-state index is 12.6. The standard InChI is InChI=1S/C33H36N4O5/c1-21-6-13-28(22(2)16-21)31(38)41-20-23-7-9-24(10-8-23)29(19-35-32(39)42-33(3,4)5)30(37-40)36-27-12-11-26-18-34-15-14-25(26)17-27/h6-18,29,40H,19-20H2,1-5H3,(H,35,39)(H,36,37)/t29-/m1/s1. The fourth-order valence-corrected chi connectivity index (χ4v) is 4.48. The van der Waals surface area contributed by atoms with Crippen LogP contribution in [0.25, 0.3) is 10.8 Å². The second-order valence-electron chi connectivity index (χ2n) is 11.1. The van der Waals surface area contributed by atoms with Gasteiger partial charge in [-0.05, 0) is 81.0 Å². The Morgan fingerprint density at radius 3 is 2.43 bits per heavy atom. The number of amides is 1. The third kappa shape index (κ3) is 8.06. The predicted octanol–water partition coefficient (Wildman–Crippen LogP) is 6.72. The Hall–Kier alpha value is -4.92. The van der Waals surface area contributed by atoms with Crippen LogP contribution in [0.1, 0.15) is 59.3 Å². The molecular formula is C33H36N4O5. The van der Waals surface area contributed by atoms with Gasteiger partial charge in [0.1, 0.15) is 12.2 Å². The zero-order valence-corrected chi connectivity index (χ0v) is 24.5. The molecule has 4 aromatic rings. The molecule has 0 spiro atoms. The number of aryl methyl sites for hydroxylation is 2. The highest BCUT2D eigenvalue weighted by atomic mass is 16.6. The van der Waals surface area contributed by atoms with Gasteiger partial charge in [-0.25, -0.2) is 9.59 Å². The Morgan fingerprint density at radius 2 is 1.74 bits per heavy atom. The molecule has 0 bridgehead atoms. The van der Waals surface area contributed by atoms with E-state index in [1.165, 1.54) is 0 Å². The molecule has 3 N–H and O–H groups in total. The zero-order valence-electron chi connectivity index (χ0n) is 24.5. The monoisotopic (exact) mass is 568 g/mol. The highest BCUT2D eigenvalue weighted by molar-refractivity contribution is 6.01. The van der Waals surface area contributed by atoms with Crippen molar-refractivity contribution >= 4 is 34.4 Å².